The largest absolute Gasteiger partial charge is 0.444 e. The van der Waals surface area contributed by atoms with Gasteiger partial charge in [0.05, 0.1) is 44.5 Å². The second-order valence-electron chi connectivity index (χ2n) is 19.4. The van der Waals surface area contributed by atoms with Gasteiger partial charge in [-0.05, 0) is 108 Å². The number of nitrogens with zero attached hydrogens (tertiary/aromatic N) is 10. The monoisotopic (exact) mass is 963 g/mol. The van der Waals surface area contributed by atoms with Crippen LogP contribution in [0.15, 0.2) is 60.9 Å². The number of benzene rings is 2. The number of anilines is 3. The predicted octanol–water partition coefficient (Wildman–Crippen LogP) is 8.11. The van der Waals surface area contributed by atoms with Crippen molar-refractivity contribution in [1.82, 2.24) is 29.7 Å². The maximum Gasteiger partial charge on any atom is 0.410 e. The molecule has 0 unspecified atom stereocenters. The van der Waals surface area contributed by atoms with Gasteiger partial charge in [0.1, 0.15) is 35.0 Å². The molecule has 0 saturated carbocycles. The third kappa shape index (κ3) is 15.9. The van der Waals surface area contributed by atoms with Gasteiger partial charge in [-0.15, -0.1) is 0 Å². The van der Waals surface area contributed by atoms with Gasteiger partial charge in [0.2, 0.25) is 0 Å². The number of rotatable bonds is 6. The minimum absolute atomic E-state index is 0.154. The summed E-state index contributed by atoms with van der Waals surface area (Å²) < 4.78 is 21.5. The number of carbonyl (C=O) groups is 2. The molecular formula is C51H66ClN11O6. The summed E-state index contributed by atoms with van der Waals surface area (Å²) in [6.45, 7) is 20.1. The second kappa shape index (κ2) is 24.3. The molecule has 2 amide bonds. The SMILES string of the molecule is CC(C)(C)OC(=O)N1CCC(c2ccc(Cc3nc(N4CCOCC4)cnc3C#N)cc2)CC1.CC(C)(C)OC(=O)N1CCC(c2ccc(N)cc2)CC1.N#Cc1ncc(N2CCOCC2)nc1Cl. The first-order chi connectivity index (χ1) is 33.0. The van der Waals surface area contributed by atoms with E-state index in [1.807, 2.05) is 64.6 Å². The number of nitrogen functional groups attached to an aromatic ring is 1. The standard InChI is InChI=1S/C26H33N5O3.C16H24N2O2.C9H9ClN4O/c1-26(2,3)34-25(32)31-10-8-21(9-11-31)20-6-4-19(5-7-20)16-22-23(17-27)28-18-24(29-22)30-12-14-33-15-13-30;1-16(2,3)20-15(19)18-10-8-13(9-11-18)12-4-6-14(17)7-5-12;10-9-7(5-11)12-6-8(13-9)14-1-3-15-4-2-14/h4-7,18,21H,8-16H2,1-3H3;4-7,13H,8-11,17H2,1-3H3;6H,1-4H2. The van der Waals surface area contributed by atoms with Crippen molar-refractivity contribution in [3.05, 3.63) is 99.8 Å². The van der Waals surface area contributed by atoms with E-state index in [0.29, 0.717) is 75.0 Å². The Kier molecular flexibility index (Phi) is 18.4. The van der Waals surface area contributed by atoms with Crippen molar-refractivity contribution < 1.29 is 28.5 Å². The lowest BCUT2D eigenvalue weighted by atomic mass is 9.89. The van der Waals surface area contributed by atoms with E-state index >= 15 is 0 Å². The zero-order valence-electron chi connectivity index (χ0n) is 40.8. The van der Waals surface area contributed by atoms with Gasteiger partial charge in [-0.1, -0.05) is 48.0 Å². The molecule has 18 heteroatoms. The Labute approximate surface area is 411 Å². The lowest BCUT2D eigenvalue weighted by Gasteiger charge is -2.33. The summed E-state index contributed by atoms with van der Waals surface area (Å²) in [5.74, 6) is 2.43. The van der Waals surface area contributed by atoms with Crippen LogP contribution in [0, 0.1) is 22.7 Å². The fraction of sp³-hybridized carbons (Fsp3) is 0.529. The lowest BCUT2D eigenvalue weighted by Crippen LogP contribution is -2.41. The first-order valence-corrected chi connectivity index (χ1v) is 24.1. The molecule has 0 spiro atoms. The van der Waals surface area contributed by atoms with Crippen molar-refractivity contribution in [2.45, 2.75) is 96.7 Å². The number of carbonyl (C=O) groups excluding carboxylic acids is 2. The van der Waals surface area contributed by atoms with Crippen LogP contribution in [-0.4, -0.2) is 132 Å². The molecule has 4 aliphatic heterocycles. The highest BCUT2D eigenvalue weighted by Crippen LogP contribution is 2.31. The number of morpholine rings is 2. The Morgan fingerprint density at radius 3 is 1.46 bits per heavy atom. The van der Waals surface area contributed by atoms with Gasteiger partial charge in [-0.2, -0.15) is 10.5 Å². The molecule has 8 rings (SSSR count). The molecule has 368 valence electrons. The van der Waals surface area contributed by atoms with Crippen molar-refractivity contribution in [3.63, 3.8) is 0 Å². The molecule has 2 N–H and O–H groups in total. The van der Waals surface area contributed by atoms with E-state index < -0.39 is 11.2 Å². The summed E-state index contributed by atoms with van der Waals surface area (Å²) in [6.07, 6.45) is 7.17. The van der Waals surface area contributed by atoms with Crippen LogP contribution in [0.4, 0.5) is 26.9 Å². The van der Waals surface area contributed by atoms with Gasteiger partial charge in [0.15, 0.2) is 16.5 Å². The van der Waals surface area contributed by atoms with Crippen molar-refractivity contribution >= 4 is 41.1 Å². The number of hydrogen-bond acceptors (Lipinski definition) is 15. The van der Waals surface area contributed by atoms with E-state index in [-0.39, 0.29) is 23.0 Å². The topological polar surface area (TPSA) is 209 Å². The Morgan fingerprint density at radius 2 is 1.06 bits per heavy atom. The molecule has 6 heterocycles. The van der Waals surface area contributed by atoms with Crippen LogP contribution < -0.4 is 15.5 Å². The summed E-state index contributed by atoms with van der Waals surface area (Å²) in [7, 11) is 0. The van der Waals surface area contributed by atoms with Gasteiger partial charge in [-0.25, -0.2) is 29.5 Å². The summed E-state index contributed by atoms with van der Waals surface area (Å²) >= 11 is 5.79. The summed E-state index contributed by atoms with van der Waals surface area (Å²) in [5, 5.41) is 18.3. The minimum atomic E-state index is -0.471. The van der Waals surface area contributed by atoms with E-state index in [0.717, 1.165) is 82.0 Å². The number of nitrogens with two attached hydrogens (primary N) is 1. The van der Waals surface area contributed by atoms with E-state index in [1.54, 1.807) is 22.2 Å². The van der Waals surface area contributed by atoms with Gasteiger partial charge in [0, 0.05) is 64.5 Å². The van der Waals surface area contributed by atoms with Gasteiger partial charge < -0.3 is 44.3 Å². The van der Waals surface area contributed by atoms with E-state index in [9.17, 15) is 14.9 Å². The summed E-state index contributed by atoms with van der Waals surface area (Å²) in [5.41, 5.74) is 10.5. The van der Waals surface area contributed by atoms with Crippen LogP contribution in [0.5, 0.6) is 0 Å². The van der Waals surface area contributed by atoms with Crippen LogP contribution in [0.25, 0.3) is 0 Å². The zero-order chi connectivity index (χ0) is 49.6. The quantitative estimate of drug-likeness (QED) is 0.181. The molecule has 0 atom stereocenters. The molecule has 17 nitrogen and oxygen atoms in total. The Balaban J connectivity index is 0.000000188. The average molecular weight is 965 g/mol. The number of ether oxygens (including phenoxy) is 4. The first kappa shape index (κ1) is 52.1. The molecule has 2 aromatic carbocycles. The minimum Gasteiger partial charge on any atom is -0.444 e. The molecule has 69 heavy (non-hydrogen) atoms. The Hall–Kier alpha value is -6.27. The van der Waals surface area contributed by atoms with E-state index in [1.165, 1.54) is 11.1 Å². The van der Waals surface area contributed by atoms with E-state index in [2.05, 4.69) is 62.3 Å². The molecule has 4 aromatic rings. The number of aromatic nitrogens is 4. The fourth-order valence-electron chi connectivity index (χ4n) is 8.27. The normalized spacial score (nSPS) is 17.0. The van der Waals surface area contributed by atoms with Crippen LogP contribution in [0.2, 0.25) is 5.15 Å². The average Bonchev–Trinajstić information content (AvgIpc) is 3.34. The molecule has 4 saturated heterocycles. The first-order valence-electron chi connectivity index (χ1n) is 23.7. The van der Waals surface area contributed by atoms with Crippen LogP contribution in [0.3, 0.4) is 0 Å². The number of nitriles is 2. The van der Waals surface area contributed by atoms with Crippen LogP contribution in [-0.2, 0) is 25.4 Å². The Bertz CT molecular complexity index is 2390. The van der Waals surface area contributed by atoms with Crippen molar-refractivity contribution in [1.29, 1.82) is 10.5 Å². The number of amides is 2. The summed E-state index contributed by atoms with van der Waals surface area (Å²) in [4.78, 5) is 49.3. The molecule has 0 bridgehead atoms. The maximum absolute atomic E-state index is 12.3. The third-order valence-corrected chi connectivity index (χ3v) is 12.2. The molecule has 0 radical (unpaired) electrons. The number of halogens is 1. The smallest absolute Gasteiger partial charge is 0.410 e. The molecular weight excluding hydrogens is 898 g/mol. The maximum atomic E-state index is 12.3. The van der Waals surface area contributed by atoms with Crippen LogP contribution in [0.1, 0.15) is 113 Å². The Morgan fingerprint density at radius 1 is 0.652 bits per heavy atom. The van der Waals surface area contributed by atoms with Gasteiger partial charge in [0.25, 0.3) is 0 Å². The molecule has 0 aliphatic carbocycles. The second-order valence-corrected chi connectivity index (χ2v) is 19.7. The zero-order valence-corrected chi connectivity index (χ0v) is 41.6. The number of hydrogen-bond donors (Lipinski definition) is 1. The third-order valence-electron chi connectivity index (χ3n) is 12.0. The van der Waals surface area contributed by atoms with Gasteiger partial charge in [-0.3, -0.25) is 0 Å². The molecule has 4 fully saturated rings. The lowest BCUT2D eigenvalue weighted by molar-refractivity contribution is 0.0194. The number of likely N-dealkylation sites (tertiary alicyclic amines) is 2. The highest BCUT2D eigenvalue weighted by atomic mass is 35.5. The molecule has 4 aliphatic rings. The highest BCUT2D eigenvalue weighted by Gasteiger charge is 2.29. The van der Waals surface area contributed by atoms with Crippen molar-refractivity contribution in [3.8, 4) is 12.1 Å². The molecule has 2 aromatic heterocycles. The van der Waals surface area contributed by atoms with Gasteiger partial charge >= 0.3 is 12.2 Å². The summed E-state index contributed by atoms with van der Waals surface area (Å²) in [6, 6.07) is 20.7. The van der Waals surface area contributed by atoms with Crippen LogP contribution >= 0.6 is 11.6 Å². The predicted molar refractivity (Wildman–Crippen MR) is 264 cm³/mol. The van der Waals surface area contributed by atoms with E-state index in [4.69, 9.17) is 46.5 Å². The van der Waals surface area contributed by atoms with Crippen molar-refractivity contribution in [2.24, 2.45) is 0 Å². The highest BCUT2D eigenvalue weighted by molar-refractivity contribution is 6.30. The van der Waals surface area contributed by atoms with Crippen molar-refractivity contribution in [2.75, 3.05) is 94.3 Å². The number of piperidine rings is 2. The fourth-order valence-corrected chi connectivity index (χ4v) is 8.45.